The van der Waals surface area contributed by atoms with Crippen LogP contribution < -0.4 is 4.72 Å². The standard InChI is InChI=1S/C17H17ClN4O2S/c1-12-3-8-16(9-13(12)2)25(23,24)21-17-19-11-22(20-17)10-14-4-6-15(18)7-5-14/h3-9,11H,10H2,1-2H3,(H,20,21). The number of hydrogen-bond donors (Lipinski definition) is 1. The van der Waals surface area contributed by atoms with Gasteiger partial charge in [-0.25, -0.2) is 17.8 Å². The Morgan fingerprint density at radius 3 is 2.48 bits per heavy atom. The van der Waals surface area contributed by atoms with Crippen molar-refractivity contribution in [3.05, 3.63) is 70.5 Å². The van der Waals surface area contributed by atoms with Crippen molar-refractivity contribution >= 4 is 27.6 Å². The molecule has 0 bridgehead atoms. The predicted octanol–water partition coefficient (Wildman–Crippen LogP) is 3.40. The summed E-state index contributed by atoms with van der Waals surface area (Å²) in [5, 5.41) is 4.82. The SMILES string of the molecule is Cc1ccc(S(=O)(=O)Nc2ncn(Cc3ccc(Cl)cc3)n2)cc1C. The molecule has 1 heterocycles. The smallest absolute Gasteiger partial charge is 0.246 e. The molecule has 130 valence electrons. The average molecular weight is 377 g/mol. The van der Waals surface area contributed by atoms with Gasteiger partial charge in [0.2, 0.25) is 0 Å². The number of aromatic nitrogens is 3. The fraction of sp³-hybridized carbons (Fsp3) is 0.176. The fourth-order valence-electron chi connectivity index (χ4n) is 2.25. The fourth-order valence-corrected chi connectivity index (χ4v) is 3.41. The zero-order chi connectivity index (χ0) is 18.0. The van der Waals surface area contributed by atoms with Crippen LogP contribution in [0.5, 0.6) is 0 Å². The molecule has 0 unspecified atom stereocenters. The number of benzene rings is 2. The van der Waals surface area contributed by atoms with Gasteiger partial charge in [0.25, 0.3) is 16.0 Å². The highest BCUT2D eigenvalue weighted by molar-refractivity contribution is 7.92. The molecule has 3 aromatic rings. The first-order valence-electron chi connectivity index (χ1n) is 7.57. The van der Waals surface area contributed by atoms with E-state index < -0.39 is 10.0 Å². The van der Waals surface area contributed by atoms with E-state index in [1.54, 1.807) is 35.0 Å². The van der Waals surface area contributed by atoms with Gasteiger partial charge in [0.1, 0.15) is 6.33 Å². The van der Waals surface area contributed by atoms with E-state index in [-0.39, 0.29) is 10.8 Å². The summed E-state index contributed by atoms with van der Waals surface area (Å²) in [5.41, 5.74) is 2.92. The molecule has 0 fully saturated rings. The highest BCUT2D eigenvalue weighted by Gasteiger charge is 2.17. The van der Waals surface area contributed by atoms with Crippen molar-refractivity contribution < 1.29 is 8.42 Å². The monoisotopic (exact) mass is 376 g/mol. The van der Waals surface area contributed by atoms with Crippen LogP contribution in [0, 0.1) is 13.8 Å². The largest absolute Gasteiger partial charge is 0.264 e. The lowest BCUT2D eigenvalue weighted by atomic mass is 10.1. The summed E-state index contributed by atoms with van der Waals surface area (Å²) < 4.78 is 28.9. The van der Waals surface area contributed by atoms with Crippen molar-refractivity contribution in [3.63, 3.8) is 0 Å². The molecule has 0 saturated heterocycles. The van der Waals surface area contributed by atoms with E-state index in [4.69, 9.17) is 11.6 Å². The van der Waals surface area contributed by atoms with Crippen LogP contribution in [0.1, 0.15) is 16.7 Å². The van der Waals surface area contributed by atoms with Gasteiger partial charge in [-0.1, -0.05) is 29.8 Å². The van der Waals surface area contributed by atoms with Crippen molar-refractivity contribution in [1.82, 2.24) is 14.8 Å². The number of nitrogens with one attached hydrogen (secondary N) is 1. The van der Waals surface area contributed by atoms with Crippen LogP contribution in [0.2, 0.25) is 5.02 Å². The number of nitrogens with zero attached hydrogens (tertiary/aromatic N) is 3. The van der Waals surface area contributed by atoms with Crippen molar-refractivity contribution in [2.75, 3.05) is 4.72 Å². The van der Waals surface area contributed by atoms with Crippen LogP contribution in [0.25, 0.3) is 0 Å². The molecule has 0 aliphatic carbocycles. The molecule has 0 amide bonds. The van der Waals surface area contributed by atoms with E-state index in [0.29, 0.717) is 11.6 Å². The summed E-state index contributed by atoms with van der Waals surface area (Å²) in [4.78, 5) is 4.20. The number of aryl methyl sites for hydroxylation is 2. The van der Waals surface area contributed by atoms with Gasteiger partial charge in [-0.15, -0.1) is 5.10 Å². The third-order valence-electron chi connectivity index (χ3n) is 3.81. The second kappa shape index (κ2) is 6.85. The highest BCUT2D eigenvalue weighted by Crippen LogP contribution is 2.17. The van der Waals surface area contributed by atoms with Crippen LogP contribution in [0.4, 0.5) is 5.95 Å². The lowest BCUT2D eigenvalue weighted by Gasteiger charge is -2.07. The lowest BCUT2D eigenvalue weighted by molar-refractivity contribution is 0.600. The van der Waals surface area contributed by atoms with Gasteiger partial charge in [0, 0.05) is 5.02 Å². The van der Waals surface area contributed by atoms with Gasteiger partial charge < -0.3 is 0 Å². The van der Waals surface area contributed by atoms with Crippen molar-refractivity contribution in [3.8, 4) is 0 Å². The molecule has 8 heteroatoms. The number of hydrogen-bond acceptors (Lipinski definition) is 4. The number of sulfonamides is 1. The van der Waals surface area contributed by atoms with Crippen molar-refractivity contribution in [2.45, 2.75) is 25.3 Å². The summed E-state index contributed by atoms with van der Waals surface area (Å²) >= 11 is 5.86. The summed E-state index contributed by atoms with van der Waals surface area (Å²) in [6, 6.07) is 12.3. The Morgan fingerprint density at radius 2 is 1.80 bits per heavy atom. The van der Waals surface area contributed by atoms with Crippen LogP contribution >= 0.6 is 11.6 Å². The molecule has 0 aliphatic rings. The lowest BCUT2D eigenvalue weighted by Crippen LogP contribution is -2.14. The molecule has 1 aromatic heterocycles. The number of halogens is 1. The minimum absolute atomic E-state index is 0.0344. The van der Waals surface area contributed by atoms with Gasteiger partial charge in [-0.05, 0) is 54.8 Å². The molecule has 0 spiro atoms. The van der Waals surface area contributed by atoms with Crippen LogP contribution in [-0.2, 0) is 16.6 Å². The first-order chi connectivity index (χ1) is 11.8. The molecule has 25 heavy (non-hydrogen) atoms. The Labute approximate surface area is 151 Å². The topological polar surface area (TPSA) is 76.9 Å². The number of rotatable bonds is 5. The van der Waals surface area contributed by atoms with Crippen LogP contribution in [0.3, 0.4) is 0 Å². The molecule has 2 aromatic carbocycles. The van der Waals surface area contributed by atoms with E-state index in [2.05, 4.69) is 14.8 Å². The second-order valence-corrected chi connectivity index (χ2v) is 7.86. The maximum Gasteiger partial charge on any atom is 0.264 e. The zero-order valence-electron chi connectivity index (χ0n) is 13.8. The normalized spacial score (nSPS) is 11.5. The summed E-state index contributed by atoms with van der Waals surface area (Å²) in [6.07, 6.45) is 1.48. The van der Waals surface area contributed by atoms with Crippen LogP contribution in [0.15, 0.2) is 53.7 Å². The molecule has 0 radical (unpaired) electrons. The Bertz CT molecular complexity index is 998. The Morgan fingerprint density at radius 1 is 1.08 bits per heavy atom. The minimum atomic E-state index is -3.72. The van der Waals surface area contributed by atoms with E-state index in [1.165, 1.54) is 6.33 Å². The first kappa shape index (κ1) is 17.4. The average Bonchev–Trinajstić information content (AvgIpc) is 2.98. The molecule has 0 aliphatic heterocycles. The summed E-state index contributed by atoms with van der Waals surface area (Å²) in [5.74, 6) is 0.0344. The van der Waals surface area contributed by atoms with Crippen LogP contribution in [-0.4, -0.2) is 23.2 Å². The maximum absolute atomic E-state index is 12.5. The predicted molar refractivity (Wildman–Crippen MR) is 97.3 cm³/mol. The van der Waals surface area contributed by atoms with Gasteiger partial charge >= 0.3 is 0 Å². The van der Waals surface area contributed by atoms with E-state index >= 15 is 0 Å². The molecule has 6 nitrogen and oxygen atoms in total. The molecule has 0 saturated carbocycles. The zero-order valence-corrected chi connectivity index (χ0v) is 15.3. The second-order valence-electron chi connectivity index (χ2n) is 5.74. The minimum Gasteiger partial charge on any atom is -0.246 e. The molecular formula is C17H17ClN4O2S. The third kappa shape index (κ3) is 4.18. The molecule has 3 rings (SSSR count). The van der Waals surface area contributed by atoms with Gasteiger partial charge in [-0.3, -0.25) is 0 Å². The molecule has 0 atom stereocenters. The van der Waals surface area contributed by atoms with E-state index in [9.17, 15) is 8.42 Å². The molecular weight excluding hydrogens is 360 g/mol. The Hall–Kier alpha value is -2.38. The Balaban J connectivity index is 1.75. The Kier molecular flexibility index (Phi) is 4.78. The highest BCUT2D eigenvalue weighted by atomic mass is 35.5. The molecule has 1 N–H and O–H groups in total. The van der Waals surface area contributed by atoms with E-state index in [0.717, 1.165) is 16.7 Å². The van der Waals surface area contributed by atoms with Gasteiger partial charge in [-0.2, -0.15) is 4.98 Å². The summed E-state index contributed by atoms with van der Waals surface area (Å²) in [7, 11) is -3.72. The quantitative estimate of drug-likeness (QED) is 0.740. The number of anilines is 1. The first-order valence-corrected chi connectivity index (χ1v) is 9.43. The third-order valence-corrected chi connectivity index (χ3v) is 5.39. The van der Waals surface area contributed by atoms with Crippen molar-refractivity contribution in [1.29, 1.82) is 0 Å². The maximum atomic E-state index is 12.5. The van der Waals surface area contributed by atoms with Gasteiger partial charge in [0.15, 0.2) is 0 Å². The van der Waals surface area contributed by atoms with Gasteiger partial charge in [0.05, 0.1) is 11.4 Å². The van der Waals surface area contributed by atoms with E-state index in [1.807, 2.05) is 26.0 Å². The van der Waals surface area contributed by atoms with Crippen molar-refractivity contribution in [2.24, 2.45) is 0 Å². The summed E-state index contributed by atoms with van der Waals surface area (Å²) in [6.45, 7) is 4.27.